The fourth-order valence-corrected chi connectivity index (χ4v) is 2.09. The predicted octanol–water partition coefficient (Wildman–Crippen LogP) is 3.35. The molecular formula is C11H8F4N2S. The van der Waals surface area contributed by atoms with Crippen LogP contribution in [0.25, 0.3) is 0 Å². The molecule has 96 valence electrons. The molecule has 0 fully saturated rings. The molecule has 0 saturated carbocycles. The predicted molar refractivity (Wildman–Crippen MR) is 59.5 cm³/mol. The molecule has 0 aliphatic heterocycles. The van der Waals surface area contributed by atoms with Crippen LogP contribution in [0.1, 0.15) is 22.9 Å². The first kappa shape index (κ1) is 13.0. The molecule has 2 N–H and O–H groups in total. The topological polar surface area (TPSA) is 38.9 Å². The van der Waals surface area contributed by atoms with Gasteiger partial charge in [0.25, 0.3) is 0 Å². The highest BCUT2D eigenvalue weighted by Crippen LogP contribution is 2.33. The van der Waals surface area contributed by atoms with Crippen LogP contribution in [0.15, 0.2) is 29.1 Å². The van der Waals surface area contributed by atoms with Crippen LogP contribution in [0.5, 0.6) is 0 Å². The van der Waals surface area contributed by atoms with Crippen LogP contribution >= 0.6 is 11.3 Å². The SMILES string of the molecule is NC(c1ccc(F)c(C(F)(F)F)c1)c1cscn1. The van der Waals surface area contributed by atoms with Gasteiger partial charge in [-0.1, -0.05) is 6.07 Å². The number of rotatable bonds is 2. The van der Waals surface area contributed by atoms with Crippen molar-refractivity contribution in [1.82, 2.24) is 4.98 Å². The van der Waals surface area contributed by atoms with Gasteiger partial charge < -0.3 is 5.73 Å². The monoisotopic (exact) mass is 276 g/mol. The van der Waals surface area contributed by atoms with Crippen LogP contribution in [0.3, 0.4) is 0 Å². The Kier molecular flexibility index (Phi) is 3.36. The quantitative estimate of drug-likeness (QED) is 0.854. The molecule has 0 spiro atoms. The minimum absolute atomic E-state index is 0.176. The van der Waals surface area contributed by atoms with Crippen molar-refractivity contribution in [3.05, 3.63) is 51.7 Å². The number of halogens is 4. The maximum Gasteiger partial charge on any atom is 0.419 e. The van der Waals surface area contributed by atoms with Gasteiger partial charge in [-0.2, -0.15) is 13.2 Å². The van der Waals surface area contributed by atoms with Crippen LogP contribution in [-0.4, -0.2) is 4.98 Å². The second-order valence-electron chi connectivity index (χ2n) is 3.63. The average Bonchev–Trinajstić information content (AvgIpc) is 2.80. The Hall–Kier alpha value is -1.47. The zero-order valence-corrected chi connectivity index (χ0v) is 9.73. The van der Waals surface area contributed by atoms with Crippen molar-refractivity contribution >= 4 is 11.3 Å². The van der Waals surface area contributed by atoms with E-state index in [1.54, 1.807) is 5.38 Å². The van der Waals surface area contributed by atoms with E-state index in [2.05, 4.69) is 4.98 Å². The van der Waals surface area contributed by atoms with Gasteiger partial charge in [0.1, 0.15) is 5.82 Å². The summed E-state index contributed by atoms with van der Waals surface area (Å²) in [6.45, 7) is 0. The van der Waals surface area contributed by atoms with E-state index >= 15 is 0 Å². The van der Waals surface area contributed by atoms with E-state index in [1.807, 2.05) is 0 Å². The van der Waals surface area contributed by atoms with E-state index in [0.29, 0.717) is 5.69 Å². The lowest BCUT2D eigenvalue weighted by Crippen LogP contribution is -2.15. The van der Waals surface area contributed by atoms with Crippen LogP contribution in [0.2, 0.25) is 0 Å². The van der Waals surface area contributed by atoms with E-state index in [0.717, 1.165) is 12.1 Å². The Bertz CT molecular complexity index is 536. The molecule has 0 aliphatic rings. The molecule has 7 heteroatoms. The molecule has 2 nitrogen and oxygen atoms in total. The Morgan fingerprint density at radius 3 is 2.56 bits per heavy atom. The maximum absolute atomic E-state index is 13.1. The number of hydrogen-bond donors (Lipinski definition) is 1. The standard InChI is InChI=1S/C11H8F4N2S/c12-8-2-1-6(3-7(8)11(13,14)15)10(16)9-4-18-5-17-9/h1-5,10H,16H2. The third-order valence-electron chi connectivity index (χ3n) is 2.42. The third kappa shape index (κ3) is 2.51. The smallest absolute Gasteiger partial charge is 0.319 e. The second kappa shape index (κ2) is 4.66. The Morgan fingerprint density at radius 2 is 2.00 bits per heavy atom. The van der Waals surface area contributed by atoms with E-state index in [-0.39, 0.29) is 5.56 Å². The van der Waals surface area contributed by atoms with Crippen molar-refractivity contribution in [3.63, 3.8) is 0 Å². The van der Waals surface area contributed by atoms with Crippen molar-refractivity contribution in [1.29, 1.82) is 0 Å². The largest absolute Gasteiger partial charge is 0.419 e. The molecule has 1 aromatic carbocycles. The van der Waals surface area contributed by atoms with Crippen LogP contribution < -0.4 is 5.73 Å². The summed E-state index contributed by atoms with van der Waals surface area (Å²) in [5.41, 5.74) is 6.63. The van der Waals surface area contributed by atoms with Crippen LogP contribution in [0.4, 0.5) is 17.6 Å². The fourth-order valence-electron chi connectivity index (χ4n) is 1.50. The average molecular weight is 276 g/mol. The van der Waals surface area contributed by atoms with Crippen molar-refractivity contribution in [2.24, 2.45) is 5.73 Å². The molecule has 0 bridgehead atoms. The second-order valence-corrected chi connectivity index (χ2v) is 4.35. The lowest BCUT2D eigenvalue weighted by Gasteiger charge is -2.13. The number of hydrogen-bond acceptors (Lipinski definition) is 3. The maximum atomic E-state index is 13.1. The Morgan fingerprint density at radius 1 is 1.28 bits per heavy atom. The van der Waals surface area contributed by atoms with Crippen molar-refractivity contribution < 1.29 is 17.6 Å². The molecule has 2 aromatic rings. The molecule has 1 unspecified atom stereocenters. The van der Waals surface area contributed by atoms with E-state index in [9.17, 15) is 17.6 Å². The first-order valence-corrected chi connectivity index (χ1v) is 5.84. The van der Waals surface area contributed by atoms with Gasteiger partial charge in [-0.15, -0.1) is 11.3 Å². The molecule has 18 heavy (non-hydrogen) atoms. The molecule has 0 amide bonds. The summed E-state index contributed by atoms with van der Waals surface area (Å²) < 4.78 is 50.7. The van der Waals surface area contributed by atoms with Crippen molar-refractivity contribution in [3.8, 4) is 0 Å². The van der Waals surface area contributed by atoms with Gasteiger partial charge in [-0.05, 0) is 17.7 Å². The normalized spacial score (nSPS) is 13.6. The molecule has 0 radical (unpaired) electrons. The van der Waals surface area contributed by atoms with Gasteiger partial charge in [0, 0.05) is 5.38 Å². The Balaban J connectivity index is 2.42. The highest BCUT2D eigenvalue weighted by molar-refractivity contribution is 7.07. The molecular weight excluding hydrogens is 268 g/mol. The number of nitrogens with two attached hydrogens (primary N) is 1. The van der Waals surface area contributed by atoms with Crippen molar-refractivity contribution in [2.75, 3.05) is 0 Å². The fraction of sp³-hybridized carbons (Fsp3) is 0.182. The van der Waals surface area contributed by atoms with E-state index < -0.39 is 23.6 Å². The van der Waals surface area contributed by atoms with Gasteiger partial charge in [-0.25, -0.2) is 9.37 Å². The highest BCUT2D eigenvalue weighted by Gasteiger charge is 2.34. The number of benzene rings is 1. The van der Waals surface area contributed by atoms with Gasteiger partial charge in [0.2, 0.25) is 0 Å². The summed E-state index contributed by atoms with van der Waals surface area (Å²) in [5.74, 6) is -1.31. The minimum atomic E-state index is -4.73. The Labute approximate surface area is 104 Å². The third-order valence-corrected chi connectivity index (χ3v) is 3.03. The minimum Gasteiger partial charge on any atom is -0.319 e. The molecule has 1 atom stereocenters. The molecule has 0 saturated heterocycles. The molecule has 1 heterocycles. The number of aromatic nitrogens is 1. The number of alkyl halides is 3. The number of nitrogens with zero attached hydrogens (tertiary/aromatic N) is 1. The lowest BCUT2D eigenvalue weighted by atomic mass is 10.0. The zero-order chi connectivity index (χ0) is 13.3. The molecule has 1 aromatic heterocycles. The first-order chi connectivity index (χ1) is 8.39. The summed E-state index contributed by atoms with van der Waals surface area (Å²) in [5, 5.41) is 1.64. The van der Waals surface area contributed by atoms with Crippen molar-refractivity contribution in [2.45, 2.75) is 12.2 Å². The summed E-state index contributed by atoms with van der Waals surface area (Å²) in [7, 11) is 0. The van der Waals surface area contributed by atoms with Crippen LogP contribution in [0, 0.1) is 5.82 Å². The molecule has 2 rings (SSSR count). The molecule has 0 aliphatic carbocycles. The number of thiazole rings is 1. The first-order valence-electron chi connectivity index (χ1n) is 4.90. The van der Waals surface area contributed by atoms with Gasteiger partial charge in [0.15, 0.2) is 0 Å². The van der Waals surface area contributed by atoms with Gasteiger partial charge in [0.05, 0.1) is 22.8 Å². The van der Waals surface area contributed by atoms with E-state index in [1.165, 1.54) is 22.9 Å². The van der Waals surface area contributed by atoms with Gasteiger partial charge >= 0.3 is 6.18 Å². The highest BCUT2D eigenvalue weighted by atomic mass is 32.1. The zero-order valence-electron chi connectivity index (χ0n) is 8.91. The summed E-state index contributed by atoms with van der Waals surface area (Å²) in [4.78, 5) is 3.93. The summed E-state index contributed by atoms with van der Waals surface area (Å²) in [6, 6.07) is 1.93. The lowest BCUT2D eigenvalue weighted by molar-refractivity contribution is -0.140. The summed E-state index contributed by atoms with van der Waals surface area (Å²) in [6.07, 6.45) is -4.73. The van der Waals surface area contributed by atoms with Crippen LogP contribution in [-0.2, 0) is 6.18 Å². The van der Waals surface area contributed by atoms with Gasteiger partial charge in [-0.3, -0.25) is 0 Å². The van der Waals surface area contributed by atoms with E-state index in [4.69, 9.17) is 5.73 Å². The summed E-state index contributed by atoms with van der Waals surface area (Å²) >= 11 is 1.29.